The van der Waals surface area contributed by atoms with Gasteiger partial charge in [-0.2, -0.15) is 0 Å². The summed E-state index contributed by atoms with van der Waals surface area (Å²) in [6.07, 6.45) is 1.92. The van der Waals surface area contributed by atoms with E-state index in [1.807, 2.05) is 23.3 Å². The Labute approximate surface area is 139 Å². The molecule has 1 atom stereocenters. The molecule has 122 valence electrons. The van der Waals surface area contributed by atoms with Gasteiger partial charge in [-0.3, -0.25) is 4.79 Å². The van der Waals surface area contributed by atoms with Crippen molar-refractivity contribution in [2.75, 3.05) is 19.7 Å². The molecule has 3 rings (SSSR count). The second kappa shape index (κ2) is 7.13. The van der Waals surface area contributed by atoms with Crippen LogP contribution in [0.1, 0.15) is 28.1 Å². The first-order valence-corrected chi connectivity index (χ1v) is 8.73. The van der Waals surface area contributed by atoms with Crippen LogP contribution in [0.3, 0.4) is 0 Å². The van der Waals surface area contributed by atoms with Gasteiger partial charge in [-0.25, -0.2) is 4.39 Å². The van der Waals surface area contributed by atoms with E-state index in [1.165, 1.54) is 23.5 Å². The highest BCUT2D eigenvalue weighted by Gasteiger charge is 2.28. The van der Waals surface area contributed by atoms with Crippen LogP contribution in [-0.4, -0.2) is 30.5 Å². The van der Waals surface area contributed by atoms with E-state index in [2.05, 4.69) is 0 Å². The summed E-state index contributed by atoms with van der Waals surface area (Å²) in [5.74, 6) is 1.05. The first kappa shape index (κ1) is 16.0. The highest BCUT2D eigenvalue weighted by Crippen LogP contribution is 2.25. The Balaban J connectivity index is 1.46. The predicted molar refractivity (Wildman–Crippen MR) is 89.6 cm³/mol. The average molecular weight is 333 g/mol. The number of nitrogens with zero attached hydrogens (tertiary/aromatic N) is 1. The van der Waals surface area contributed by atoms with Crippen LogP contribution in [0.4, 0.5) is 4.39 Å². The molecule has 1 saturated heterocycles. The van der Waals surface area contributed by atoms with Crippen LogP contribution < -0.4 is 4.74 Å². The maximum absolute atomic E-state index is 12.8. The van der Waals surface area contributed by atoms with Crippen molar-refractivity contribution in [1.29, 1.82) is 0 Å². The van der Waals surface area contributed by atoms with Crippen LogP contribution in [0, 0.1) is 18.7 Å². The van der Waals surface area contributed by atoms with Gasteiger partial charge in [0.2, 0.25) is 0 Å². The van der Waals surface area contributed by atoms with Crippen molar-refractivity contribution in [2.24, 2.45) is 5.92 Å². The number of likely N-dealkylation sites (tertiary alicyclic amines) is 1. The second-order valence-corrected chi connectivity index (χ2v) is 6.85. The summed E-state index contributed by atoms with van der Waals surface area (Å²) in [6, 6.07) is 8.06. The van der Waals surface area contributed by atoms with Gasteiger partial charge in [-0.15, -0.1) is 11.3 Å². The monoisotopic (exact) mass is 333 g/mol. The van der Waals surface area contributed by atoms with Gasteiger partial charge < -0.3 is 9.64 Å². The van der Waals surface area contributed by atoms with E-state index in [-0.39, 0.29) is 11.7 Å². The third kappa shape index (κ3) is 3.91. The number of hydrogen-bond donors (Lipinski definition) is 0. The molecule has 1 amide bonds. The minimum absolute atomic E-state index is 0.152. The molecule has 0 radical (unpaired) electrons. The third-order valence-electron chi connectivity index (χ3n) is 4.24. The van der Waals surface area contributed by atoms with E-state index < -0.39 is 0 Å². The quantitative estimate of drug-likeness (QED) is 0.823. The highest BCUT2D eigenvalue weighted by molar-refractivity contribution is 7.12. The molecule has 1 aliphatic rings. The number of thiophene rings is 1. The number of ether oxygens (including phenoxy) is 1. The summed E-state index contributed by atoms with van der Waals surface area (Å²) in [5, 5.41) is 1.96. The molecule has 3 nitrogen and oxygen atoms in total. The Bertz CT molecular complexity index is 668. The zero-order chi connectivity index (χ0) is 16.2. The van der Waals surface area contributed by atoms with Gasteiger partial charge in [0, 0.05) is 13.1 Å². The highest BCUT2D eigenvalue weighted by atomic mass is 32.1. The lowest BCUT2D eigenvalue weighted by Gasteiger charge is -2.16. The fraction of sp³-hybridized carbons (Fsp3) is 0.389. The second-order valence-electron chi connectivity index (χ2n) is 5.93. The molecular formula is C18H20FNO2S. The van der Waals surface area contributed by atoms with Gasteiger partial charge in [-0.05, 0) is 67.0 Å². The number of aryl methyl sites for hydroxylation is 1. The molecule has 5 heteroatoms. The lowest BCUT2D eigenvalue weighted by Crippen LogP contribution is -2.28. The molecule has 2 heterocycles. The third-order valence-corrected chi connectivity index (χ3v) is 5.24. The van der Waals surface area contributed by atoms with Crippen molar-refractivity contribution in [1.82, 2.24) is 4.90 Å². The van der Waals surface area contributed by atoms with E-state index in [4.69, 9.17) is 4.74 Å². The van der Waals surface area contributed by atoms with Crippen LogP contribution >= 0.6 is 11.3 Å². The molecule has 1 fully saturated rings. The Morgan fingerprint density at radius 2 is 2.13 bits per heavy atom. The summed E-state index contributed by atoms with van der Waals surface area (Å²) in [5.41, 5.74) is 1.06. The fourth-order valence-electron chi connectivity index (χ4n) is 2.86. The summed E-state index contributed by atoms with van der Waals surface area (Å²) in [6.45, 7) is 4.19. The molecule has 1 aromatic carbocycles. The number of hydrogen-bond acceptors (Lipinski definition) is 3. The first-order valence-electron chi connectivity index (χ1n) is 7.85. The maximum atomic E-state index is 12.8. The van der Waals surface area contributed by atoms with Crippen molar-refractivity contribution in [2.45, 2.75) is 19.8 Å². The van der Waals surface area contributed by atoms with Crippen LogP contribution in [-0.2, 0) is 0 Å². The van der Waals surface area contributed by atoms with Gasteiger partial charge in [0.25, 0.3) is 5.91 Å². The van der Waals surface area contributed by atoms with E-state index in [0.29, 0.717) is 18.3 Å². The molecule has 0 saturated carbocycles. The van der Waals surface area contributed by atoms with E-state index in [0.717, 1.165) is 36.4 Å². The first-order chi connectivity index (χ1) is 11.1. The van der Waals surface area contributed by atoms with Gasteiger partial charge in [0.15, 0.2) is 0 Å². The Morgan fingerprint density at radius 1 is 1.35 bits per heavy atom. The SMILES string of the molecule is Cc1ccsc1C(=O)N1CCC(CCOc2ccc(F)cc2)C1. The van der Waals surface area contributed by atoms with Gasteiger partial charge >= 0.3 is 0 Å². The number of carbonyl (C=O) groups is 1. The van der Waals surface area contributed by atoms with Gasteiger partial charge in [0.1, 0.15) is 11.6 Å². The van der Waals surface area contributed by atoms with Gasteiger partial charge in [0.05, 0.1) is 11.5 Å². The molecule has 2 aromatic rings. The van der Waals surface area contributed by atoms with Crippen molar-refractivity contribution in [3.8, 4) is 5.75 Å². The fourth-order valence-corrected chi connectivity index (χ4v) is 3.75. The van der Waals surface area contributed by atoms with Crippen LogP contribution in [0.15, 0.2) is 35.7 Å². The van der Waals surface area contributed by atoms with Crippen molar-refractivity contribution in [3.63, 3.8) is 0 Å². The molecule has 0 spiro atoms. The van der Waals surface area contributed by atoms with Crippen LogP contribution in [0.5, 0.6) is 5.75 Å². The molecule has 0 N–H and O–H groups in total. The predicted octanol–water partition coefficient (Wildman–Crippen LogP) is 4.13. The number of amides is 1. The standard InChI is InChI=1S/C18H20FNO2S/c1-13-8-11-23-17(13)18(21)20-9-6-14(12-20)7-10-22-16-4-2-15(19)3-5-16/h2-5,8,11,14H,6-7,9-10,12H2,1H3. The average Bonchev–Trinajstić information content (AvgIpc) is 3.18. The Morgan fingerprint density at radius 3 is 2.83 bits per heavy atom. The number of benzene rings is 1. The molecule has 1 unspecified atom stereocenters. The zero-order valence-corrected chi connectivity index (χ0v) is 13.9. The summed E-state index contributed by atoms with van der Waals surface area (Å²) in [4.78, 5) is 15.3. The molecule has 1 aromatic heterocycles. The Kier molecular flexibility index (Phi) is 4.96. The van der Waals surface area contributed by atoms with Gasteiger partial charge in [-0.1, -0.05) is 0 Å². The zero-order valence-electron chi connectivity index (χ0n) is 13.1. The largest absolute Gasteiger partial charge is 0.494 e. The summed E-state index contributed by atoms with van der Waals surface area (Å²) >= 11 is 1.52. The number of carbonyl (C=O) groups excluding carboxylic acids is 1. The number of halogens is 1. The smallest absolute Gasteiger partial charge is 0.264 e. The minimum atomic E-state index is -0.258. The minimum Gasteiger partial charge on any atom is -0.494 e. The van der Waals surface area contributed by atoms with Crippen molar-refractivity contribution < 1.29 is 13.9 Å². The van der Waals surface area contributed by atoms with Crippen LogP contribution in [0.25, 0.3) is 0 Å². The topological polar surface area (TPSA) is 29.5 Å². The Hall–Kier alpha value is -1.88. The number of rotatable bonds is 5. The normalized spacial score (nSPS) is 17.5. The van der Waals surface area contributed by atoms with Crippen LogP contribution in [0.2, 0.25) is 0 Å². The van der Waals surface area contributed by atoms with E-state index in [1.54, 1.807) is 12.1 Å². The molecular weight excluding hydrogens is 313 g/mol. The summed E-state index contributed by atoms with van der Waals surface area (Å²) in [7, 11) is 0. The lowest BCUT2D eigenvalue weighted by atomic mass is 10.1. The van der Waals surface area contributed by atoms with Crippen molar-refractivity contribution >= 4 is 17.2 Å². The maximum Gasteiger partial charge on any atom is 0.264 e. The lowest BCUT2D eigenvalue weighted by molar-refractivity contribution is 0.0789. The molecule has 23 heavy (non-hydrogen) atoms. The van der Waals surface area contributed by atoms with E-state index in [9.17, 15) is 9.18 Å². The van der Waals surface area contributed by atoms with E-state index >= 15 is 0 Å². The van der Waals surface area contributed by atoms with Crippen molar-refractivity contribution in [3.05, 3.63) is 52.0 Å². The molecule has 1 aliphatic heterocycles. The molecule has 0 aliphatic carbocycles. The summed E-state index contributed by atoms with van der Waals surface area (Å²) < 4.78 is 18.5. The molecule has 0 bridgehead atoms.